The smallest absolute Gasteiger partial charge is 0.305 e. The first kappa shape index (κ1) is 25.3. The molecule has 0 spiro atoms. The highest BCUT2D eigenvalue weighted by atomic mass is 16.5. The van der Waals surface area contributed by atoms with Crippen LogP contribution in [0.4, 0.5) is 0 Å². The Hall–Kier alpha value is -0.980. The van der Waals surface area contributed by atoms with Gasteiger partial charge in [0.15, 0.2) is 0 Å². The van der Waals surface area contributed by atoms with Gasteiger partial charge in [0.1, 0.15) is 6.29 Å². The number of carbonyl (C=O) groups is 2. The molecule has 0 unspecified atom stereocenters. The van der Waals surface area contributed by atoms with Gasteiger partial charge < -0.3 is 24.9 Å². The van der Waals surface area contributed by atoms with E-state index in [0.29, 0.717) is 19.4 Å². The van der Waals surface area contributed by atoms with Crippen LogP contribution in [-0.4, -0.2) is 54.0 Å². The van der Waals surface area contributed by atoms with Crippen molar-refractivity contribution in [3.63, 3.8) is 0 Å². The number of hydrogen-bond donors (Lipinski definition) is 3. The molecule has 0 aliphatic rings. The maximum Gasteiger partial charge on any atom is 0.305 e. The predicted octanol–water partition coefficient (Wildman–Crippen LogP) is 2.37. The zero-order valence-corrected chi connectivity index (χ0v) is 15.0. The number of aliphatic hydroxyl groups excluding tert-OH is 3. The summed E-state index contributed by atoms with van der Waals surface area (Å²) in [7, 11) is 0. The Morgan fingerprint density at radius 2 is 1.21 bits per heavy atom. The van der Waals surface area contributed by atoms with Gasteiger partial charge in [0, 0.05) is 32.7 Å². The van der Waals surface area contributed by atoms with E-state index in [0.717, 1.165) is 70.5 Å². The molecule has 0 aromatic rings. The minimum absolute atomic E-state index is 0.173. The van der Waals surface area contributed by atoms with E-state index in [9.17, 15) is 9.59 Å². The van der Waals surface area contributed by atoms with Gasteiger partial charge in [-0.3, -0.25) is 4.79 Å². The molecule has 0 radical (unpaired) electrons. The molecular formula is C18H36O6. The summed E-state index contributed by atoms with van der Waals surface area (Å²) in [6, 6.07) is 0. The molecule has 6 nitrogen and oxygen atoms in total. The lowest BCUT2D eigenvalue weighted by molar-refractivity contribution is -0.144. The average Bonchev–Trinajstić information content (AvgIpc) is 2.59. The number of esters is 1. The minimum Gasteiger partial charge on any atom is -0.466 e. The number of aliphatic hydroxyl groups is 3. The number of unbranched alkanes of at least 4 members (excludes halogenated alkanes) is 8. The lowest BCUT2D eigenvalue weighted by atomic mass is 10.2. The van der Waals surface area contributed by atoms with Crippen LogP contribution >= 0.6 is 0 Å². The van der Waals surface area contributed by atoms with E-state index >= 15 is 0 Å². The van der Waals surface area contributed by atoms with Crippen molar-refractivity contribution < 1.29 is 29.6 Å². The van der Waals surface area contributed by atoms with Crippen molar-refractivity contribution in [1.82, 2.24) is 0 Å². The van der Waals surface area contributed by atoms with Crippen LogP contribution < -0.4 is 0 Å². The Morgan fingerprint density at radius 1 is 0.708 bits per heavy atom. The fourth-order valence-electron chi connectivity index (χ4n) is 1.90. The van der Waals surface area contributed by atoms with Crippen LogP contribution in [0.5, 0.6) is 0 Å². The molecule has 0 amide bonds. The molecule has 0 rings (SSSR count). The van der Waals surface area contributed by atoms with E-state index in [-0.39, 0.29) is 25.8 Å². The number of rotatable bonds is 16. The van der Waals surface area contributed by atoms with Crippen LogP contribution in [0.15, 0.2) is 0 Å². The van der Waals surface area contributed by atoms with Crippen molar-refractivity contribution in [3.05, 3.63) is 0 Å². The summed E-state index contributed by atoms with van der Waals surface area (Å²) in [5.41, 5.74) is 0. The molecule has 0 aliphatic heterocycles. The molecule has 0 saturated heterocycles. The van der Waals surface area contributed by atoms with E-state index in [1.165, 1.54) is 0 Å². The fourth-order valence-corrected chi connectivity index (χ4v) is 1.90. The molecule has 0 aromatic carbocycles. The maximum absolute atomic E-state index is 11.1. The van der Waals surface area contributed by atoms with Crippen LogP contribution in [0, 0.1) is 0 Å². The van der Waals surface area contributed by atoms with Crippen LogP contribution in [0.25, 0.3) is 0 Å². The van der Waals surface area contributed by atoms with E-state index < -0.39 is 0 Å². The Labute approximate surface area is 146 Å². The Bertz CT molecular complexity index is 252. The standard InChI is InChI=1S/C12H22O4.C6H14O2/c13-9-5-1-2-7-11-16-12(15)8-4-3-6-10-14;7-5-3-1-2-4-6-8/h10,13H,1-9,11H2;7-8H,1-6H2. The fraction of sp³-hybridized carbons (Fsp3) is 0.889. The molecule has 6 heteroatoms. The molecule has 0 saturated carbocycles. The van der Waals surface area contributed by atoms with Crippen molar-refractivity contribution >= 4 is 12.3 Å². The summed E-state index contributed by atoms with van der Waals surface area (Å²) >= 11 is 0. The lowest BCUT2D eigenvalue weighted by Gasteiger charge is -2.04. The van der Waals surface area contributed by atoms with Gasteiger partial charge in [-0.2, -0.15) is 0 Å². The van der Waals surface area contributed by atoms with Gasteiger partial charge in [0.05, 0.1) is 6.61 Å². The summed E-state index contributed by atoms with van der Waals surface area (Å²) in [6.45, 7) is 1.27. The molecule has 0 heterocycles. The highest BCUT2D eigenvalue weighted by Crippen LogP contribution is 2.03. The average molecular weight is 348 g/mol. The maximum atomic E-state index is 11.1. The van der Waals surface area contributed by atoms with E-state index in [1.807, 2.05) is 0 Å². The molecule has 0 aliphatic carbocycles. The van der Waals surface area contributed by atoms with Gasteiger partial charge in [-0.1, -0.05) is 19.3 Å². The van der Waals surface area contributed by atoms with Crippen LogP contribution in [0.1, 0.15) is 77.0 Å². The highest BCUT2D eigenvalue weighted by molar-refractivity contribution is 5.69. The monoisotopic (exact) mass is 348 g/mol. The second-order valence-electron chi connectivity index (χ2n) is 5.63. The summed E-state index contributed by atoms with van der Waals surface area (Å²) in [4.78, 5) is 21.2. The molecule has 144 valence electrons. The highest BCUT2D eigenvalue weighted by Gasteiger charge is 2.01. The van der Waals surface area contributed by atoms with Gasteiger partial charge in [-0.15, -0.1) is 0 Å². The molecule has 24 heavy (non-hydrogen) atoms. The Kier molecular flexibility index (Phi) is 25.6. The lowest BCUT2D eigenvalue weighted by Crippen LogP contribution is -2.05. The zero-order chi connectivity index (χ0) is 18.3. The first-order valence-corrected chi connectivity index (χ1v) is 9.14. The minimum atomic E-state index is -0.173. The quantitative estimate of drug-likeness (QED) is 0.225. The van der Waals surface area contributed by atoms with Crippen LogP contribution in [0.2, 0.25) is 0 Å². The van der Waals surface area contributed by atoms with Crippen LogP contribution in [0.3, 0.4) is 0 Å². The summed E-state index contributed by atoms with van der Waals surface area (Å²) in [6.07, 6.45) is 10.8. The molecule has 0 bridgehead atoms. The van der Waals surface area contributed by atoms with Crippen molar-refractivity contribution in [3.8, 4) is 0 Å². The van der Waals surface area contributed by atoms with Gasteiger partial charge in [0.25, 0.3) is 0 Å². The third kappa shape index (κ3) is 25.9. The van der Waals surface area contributed by atoms with Gasteiger partial charge in [-0.05, 0) is 44.9 Å². The van der Waals surface area contributed by atoms with Crippen molar-refractivity contribution in [2.75, 3.05) is 26.4 Å². The Morgan fingerprint density at radius 3 is 1.67 bits per heavy atom. The van der Waals surface area contributed by atoms with Crippen molar-refractivity contribution in [2.24, 2.45) is 0 Å². The van der Waals surface area contributed by atoms with Crippen LogP contribution in [-0.2, 0) is 14.3 Å². The number of ether oxygens (including phenoxy) is 1. The summed E-state index contributed by atoms with van der Waals surface area (Å²) < 4.78 is 5.01. The van der Waals surface area contributed by atoms with Gasteiger partial charge >= 0.3 is 5.97 Å². The first-order valence-electron chi connectivity index (χ1n) is 9.14. The summed E-state index contributed by atoms with van der Waals surface area (Å²) in [5, 5.41) is 25.1. The third-order valence-electron chi connectivity index (χ3n) is 3.33. The van der Waals surface area contributed by atoms with Crippen molar-refractivity contribution in [2.45, 2.75) is 77.0 Å². The number of aldehydes is 1. The van der Waals surface area contributed by atoms with E-state index in [4.69, 9.17) is 20.1 Å². The number of hydrogen-bond acceptors (Lipinski definition) is 6. The van der Waals surface area contributed by atoms with Gasteiger partial charge in [0.2, 0.25) is 0 Å². The second kappa shape index (κ2) is 24.3. The molecular weight excluding hydrogens is 312 g/mol. The molecule has 3 N–H and O–H groups in total. The third-order valence-corrected chi connectivity index (χ3v) is 3.33. The SMILES string of the molecule is O=CCCCCC(=O)OCCCCCCO.OCCCCCCO. The predicted molar refractivity (Wildman–Crippen MR) is 93.7 cm³/mol. The molecule has 0 aromatic heterocycles. The van der Waals surface area contributed by atoms with Crippen molar-refractivity contribution in [1.29, 1.82) is 0 Å². The number of carbonyl (C=O) groups excluding carboxylic acids is 2. The largest absolute Gasteiger partial charge is 0.466 e. The van der Waals surface area contributed by atoms with Gasteiger partial charge in [-0.25, -0.2) is 0 Å². The summed E-state index contributed by atoms with van der Waals surface area (Å²) in [5.74, 6) is -0.173. The molecule has 0 fully saturated rings. The zero-order valence-electron chi connectivity index (χ0n) is 15.0. The first-order chi connectivity index (χ1) is 11.7. The molecule has 0 atom stereocenters. The topological polar surface area (TPSA) is 104 Å². The van der Waals surface area contributed by atoms with E-state index in [1.54, 1.807) is 0 Å². The second-order valence-corrected chi connectivity index (χ2v) is 5.63. The van der Waals surface area contributed by atoms with E-state index in [2.05, 4.69) is 0 Å². The normalized spacial score (nSPS) is 9.96. The Balaban J connectivity index is 0.